The van der Waals surface area contributed by atoms with E-state index < -0.39 is 0 Å². The van der Waals surface area contributed by atoms with Crippen molar-refractivity contribution in [3.8, 4) is 0 Å². The fourth-order valence-corrected chi connectivity index (χ4v) is 1.70. The molecule has 0 saturated carbocycles. The van der Waals surface area contributed by atoms with E-state index >= 15 is 0 Å². The van der Waals surface area contributed by atoms with Crippen LogP contribution in [0, 0.1) is 0 Å². The molecule has 0 amide bonds. The van der Waals surface area contributed by atoms with E-state index in [1.807, 2.05) is 29.0 Å². The van der Waals surface area contributed by atoms with Gasteiger partial charge in [0.2, 0.25) is 0 Å². The molecule has 0 fully saturated rings. The summed E-state index contributed by atoms with van der Waals surface area (Å²) in [5.41, 5.74) is 6.74. The van der Waals surface area contributed by atoms with E-state index in [9.17, 15) is 0 Å². The van der Waals surface area contributed by atoms with Crippen molar-refractivity contribution in [3.05, 3.63) is 46.8 Å². The van der Waals surface area contributed by atoms with Crippen LogP contribution in [0.1, 0.15) is 5.56 Å². The lowest BCUT2D eigenvalue weighted by atomic mass is 10.2. The Kier molecular flexibility index (Phi) is 2.54. The summed E-state index contributed by atoms with van der Waals surface area (Å²) in [6, 6.07) is 8.10. The van der Waals surface area contributed by atoms with Crippen LogP contribution in [-0.4, -0.2) is 9.55 Å². The lowest BCUT2D eigenvalue weighted by Gasteiger charge is -2.04. The van der Waals surface area contributed by atoms with Crippen LogP contribution in [0.2, 0.25) is 0 Å². The molecular formula is C10H10BrN3. The van der Waals surface area contributed by atoms with E-state index in [2.05, 4.69) is 27.0 Å². The number of rotatable bonds is 2. The minimum absolute atomic E-state index is 0.553. The second-order valence-electron chi connectivity index (χ2n) is 3.06. The van der Waals surface area contributed by atoms with Crippen LogP contribution >= 0.6 is 15.9 Å². The Labute approximate surface area is 90.7 Å². The SMILES string of the molecule is Nc1cn(Cc2ccccc2Br)cn1. The standard InChI is InChI=1S/C10H10BrN3/c11-9-4-2-1-3-8(9)5-14-6-10(12)13-7-14/h1-4,6-7H,5,12H2. The molecule has 0 aliphatic rings. The number of hydrogen-bond acceptors (Lipinski definition) is 2. The van der Waals surface area contributed by atoms with Gasteiger partial charge in [-0.15, -0.1) is 0 Å². The third-order valence-electron chi connectivity index (χ3n) is 1.96. The summed E-state index contributed by atoms with van der Waals surface area (Å²) in [6.45, 7) is 0.783. The molecule has 72 valence electrons. The molecule has 0 atom stereocenters. The molecule has 2 N–H and O–H groups in total. The summed E-state index contributed by atoms with van der Waals surface area (Å²) in [5.74, 6) is 0.553. The summed E-state index contributed by atoms with van der Waals surface area (Å²) in [5, 5.41) is 0. The molecule has 1 heterocycles. The Morgan fingerprint density at radius 2 is 2.14 bits per heavy atom. The van der Waals surface area contributed by atoms with E-state index in [1.54, 1.807) is 6.33 Å². The number of imidazole rings is 1. The molecule has 0 radical (unpaired) electrons. The highest BCUT2D eigenvalue weighted by Gasteiger charge is 1.99. The van der Waals surface area contributed by atoms with E-state index in [-0.39, 0.29) is 0 Å². The molecule has 2 aromatic rings. The van der Waals surface area contributed by atoms with Crippen LogP contribution in [0.5, 0.6) is 0 Å². The fourth-order valence-electron chi connectivity index (χ4n) is 1.29. The quantitative estimate of drug-likeness (QED) is 0.890. The van der Waals surface area contributed by atoms with Gasteiger partial charge < -0.3 is 10.3 Å². The average Bonchev–Trinajstić information content (AvgIpc) is 2.56. The van der Waals surface area contributed by atoms with Crippen LogP contribution < -0.4 is 5.73 Å². The van der Waals surface area contributed by atoms with Crippen molar-refractivity contribution in [1.82, 2.24) is 9.55 Å². The molecule has 0 saturated heterocycles. The summed E-state index contributed by atoms with van der Waals surface area (Å²) in [4.78, 5) is 3.97. The maximum Gasteiger partial charge on any atom is 0.141 e. The topological polar surface area (TPSA) is 43.8 Å². The van der Waals surface area contributed by atoms with Crippen molar-refractivity contribution in [2.24, 2.45) is 0 Å². The highest BCUT2D eigenvalue weighted by atomic mass is 79.9. The van der Waals surface area contributed by atoms with Crippen molar-refractivity contribution >= 4 is 21.7 Å². The Bertz CT molecular complexity index is 436. The second kappa shape index (κ2) is 3.84. The molecule has 3 nitrogen and oxygen atoms in total. The van der Waals surface area contributed by atoms with Gasteiger partial charge in [0.15, 0.2) is 0 Å². The highest BCUT2D eigenvalue weighted by molar-refractivity contribution is 9.10. The first kappa shape index (κ1) is 9.27. The number of halogens is 1. The number of nitrogen functional groups attached to an aromatic ring is 1. The van der Waals surface area contributed by atoms with Gasteiger partial charge in [0.25, 0.3) is 0 Å². The molecule has 2 rings (SSSR count). The van der Waals surface area contributed by atoms with Crippen LogP contribution in [-0.2, 0) is 6.54 Å². The predicted molar refractivity (Wildman–Crippen MR) is 59.9 cm³/mol. The van der Waals surface area contributed by atoms with Crippen LogP contribution in [0.15, 0.2) is 41.3 Å². The zero-order chi connectivity index (χ0) is 9.97. The average molecular weight is 252 g/mol. The lowest BCUT2D eigenvalue weighted by Crippen LogP contribution is -1.97. The van der Waals surface area contributed by atoms with Gasteiger partial charge in [0, 0.05) is 17.2 Å². The van der Waals surface area contributed by atoms with Gasteiger partial charge >= 0.3 is 0 Å². The summed E-state index contributed by atoms with van der Waals surface area (Å²) < 4.78 is 3.06. The van der Waals surface area contributed by atoms with Crippen LogP contribution in [0.4, 0.5) is 5.82 Å². The first-order valence-corrected chi connectivity index (χ1v) is 5.05. The maximum atomic E-state index is 5.53. The summed E-state index contributed by atoms with van der Waals surface area (Å²) in [7, 11) is 0. The van der Waals surface area contributed by atoms with Crippen LogP contribution in [0.25, 0.3) is 0 Å². The van der Waals surface area contributed by atoms with Crippen molar-refractivity contribution in [2.45, 2.75) is 6.54 Å². The molecular weight excluding hydrogens is 242 g/mol. The third kappa shape index (κ3) is 1.96. The summed E-state index contributed by atoms with van der Waals surface area (Å²) >= 11 is 3.50. The Morgan fingerprint density at radius 3 is 2.79 bits per heavy atom. The normalized spacial score (nSPS) is 10.4. The molecule has 0 aliphatic heterocycles. The molecule has 4 heteroatoms. The zero-order valence-electron chi connectivity index (χ0n) is 7.52. The van der Waals surface area contributed by atoms with E-state index in [0.717, 1.165) is 11.0 Å². The first-order valence-electron chi connectivity index (χ1n) is 4.26. The minimum Gasteiger partial charge on any atom is -0.382 e. The molecule has 0 bridgehead atoms. The van der Waals surface area contributed by atoms with Gasteiger partial charge in [-0.2, -0.15) is 0 Å². The van der Waals surface area contributed by atoms with Gasteiger partial charge in [-0.05, 0) is 11.6 Å². The predicted octanol–water partition coefficient (Wildman–Crippen LogP) is 2.28. The van der Waals surface area contributed by atoms with Gasteiger partial charge in [-0.25, -0.2) is 4.98 Å². The van der Waals surface area contributed by atoms with Crippen molar-refractivity contribution in [2.75, 3.05) is 5.73 Å². The minimum atomic E-state index is 0.553. The van der Waals surface area contributed by atoms with E-state index in [1.165, 1.54) is 5.56 Å². The molecule has 14 heavy (non-hydrogen) atoms. The van der Waals surface area contributed by atoms with Gasteiger partial charge in [0.1, 0.15) is 5.82 Å². The number of nitrogens with zero attached hydrogens (tertiary/aromatic N) is 2. The largest absolute Gasteiger partial charge is 0.382 e. The Balaban J connectivity index is 2.23. The smallest absolute Gasteiger partial charge is 0.141 e. The van der Waals surface area contributed by atoms with E-state index in [4.69, 9.17) is 5.73 Å². The first-order chi connectivity index (χ1) is 6.75. The van der Waals surface area contributed by atoms with E-state index in [0.29, 0.717) is 5.82 Å². The van der Waals surface area contributed by atoms with Gasteiger partial charge in [0.05, 0.1) is 6.33 Å². The number of benzene rings is 1. The Morgan fingerprint density at radius 1 is 1.36 bits per heavy atom. The summed E-state index contributed by atoms with van der Waals surface area (Å²) in [6.07, 6.45) is 3.55. The number of nitrogens with two attached hydrogens (primary N) is 1. The number of anilines is 1. The highest BCUT2D eigenvalue weighted by Crippen LogP contribution is 2.17. The van der Waals surface area contributed by atoms with Crippen molar-refractivity contribution < 1.29 is 0 Å². The molecule has 0 aliphatic carbocycles. The molecule has 1 aromatic heterocycles. The van der Waals surface area contributed by atoms with Crippen LogP contribution in [0.3, 0.4) is 0 Å². The maximum absolute atomic E-state index is 5.53. The van der Waals surface area contributed by atoms with Gasteiger partial charge in [-0.1, -0.05) is 34.1 Å². The zero-order valence-corrected chi connectivity index (χ0v) is 9.11. The second-order valence-corrected chi connectivity index (χ2v) is 3.92. The monoisotopic (exact) mass is 251 g/mol. The molecule has 0 unspecified atom stereocenters. The third-order valence-corrected chi connectivity index (χ3v) is 2.74. The number of aromatic nitrogens is 2. The molecule has 0 spiro atoms. The van der Waals surface area contributed by atoms with Gasteiger partial charge in [-0.3, -0.25) is 0 Å². The van der Waals surface area contributed by atoms with Crippen molar-refractivity contribution in [3.63, 3.8) is 0 Å². The lowest BCUT2D eigenvalue weighted by molar-refractivity contribution is 0.794. The molecule has 1 aromatic carbocycles. The van der Waals surface area contributed by atoms with Crippen molar-refractivity contribution in [1.29, 1.82) is 0 Å². The number of hydrogen-bond donors (Lipinski definition) is 1. The fraction of sp³-hybridized carbons (Fsp3) is 0.100. The Hall–Kier alpha value is -1.29.